The number of aryl methyl sites for hydroxylation is 1. The van der Waals surface area contributed by atoms with E-state index in [0.29, 0.717) is 23.9 Å². The second-order valence-corrected chi connectivity index (χ2v) is 6.41. The van der Waals surface area contributed by atoms with Gasteiger partial charge in [0.15, 0.2) is 5.58 Å². The SMILES string of the molecule is O=C(CCn1c(=O)oc2ccccc21)N[C@H]1CCC[C@H](C(F)(F)F)C1. The van der Waals surface area contributed by atoms with Crippen LogP contribution in [0.4, 0.5) is 13.2 Å². The van der Waals surface area contributed by atoms with Crippen molar-refractivity contribution in [2.75, 3.05) is 0 Å². The summed E-state index contributed by atoms with van der Waals surface area (Å²) in [6.45, 7) is 0.122. The Morgan fingerprint density at radius 1 is 1.28 bits per heavy atom. The minimum atomic E-state index is -4.22. The first-order valence-electron chi connectivity index (χ1n) is 8.29. The number of hydrogen-bond acceptors (Lipinski definition) is 3. The van der Waals surface area contributed by atoms with Crippen LogP contribution in [0.25, 0.3) is 11.1 Å². The maximum Gasteiger partial charge on any atom is 0.419 e. The molecule has 1 saturated carbocycles. The minimum absolute atomic E-state index is 0.0105. The van der Waals surface area contributed by atoms with Crippen LogP contribution < -0.4 is 11.1 Å². The Hall–Kier alpha value is -2.25. The van der Waals surface area contributed by atoms with E-state index in [2.05, 4.69) is 5.32 Å². The number of rotatable bonds is 4. The van der Waals surface area contributed by atoms with Crippen molar-refractivity contribution in [2.24, 2.45) is 5.92 Å². The van der Waals surface area contributed by atoms with Gasteiger partial charge >= 0.3 is 11.9 Å². The molecule has 2 aromatic rings. The Kier molecular flexibility index (Phi) is 4.87. The van der Waals surface area contributed by atoms with Gasteiger partial charge in [0.25, 0.3) is 0 Å². The number of alkyl halides is 3. The van der Waals surface area contributed by atoms with Crippen LogP contribution in [0.15, 0.2) is 33.5 Å². The fraction of sp³-hybridized carbons (Fsp3) is 0.529. The van der Waals surface area contributed by atoms with Gasteiger partial charge in [-0.25, -0.2) is 4.79 Å². The molecule has 0 aliphatic heterocycles. The van der Waals surface area contributed by atoms with E-state index in [1.165, 1.54) is 4.57 Å². The minimum Gasteiger partial charge on any atom is -0.408 e. The summed E-state index contributed by atoms with van der Waals surface area (Å²) in [5.74, 6) is -2.26. The van der Waals surface area contributed by atoms with Crippen LogP contribution in [0.2, 0.25) is 0 Å². The van der Waals surface area contributed by atoms with Crippen molar-refractivity contribution in [2.45, 2.75) is 50.9 Å². The average molecular weight is 356 g/mol. The highest BCUT2D eigenvalue weighted by Gasteiger charge is 2.42. The van der Waals surface area contributed by atoms with Gasteiger partial charge in [-0.2, -0.15) is 13.2 Å². The number of amides is 1. The first kappa shape index (κ1) is 17.6. The van der Waals surface area contributed by atoms with Crippen LogP contribution in [-0.2, 0) is 11.3 Å². The zero-order valence-electron chi connectivity index (χ0n) is 13.5. The number of carbonyl (C=O) groups is 1. The summed E-state index contributed by atoms with van der Waals surface area (Å²) >= 11 is 0. The number of fused-ring (bicyclic) bond motifs is 1. The molecular weight excluding hydrogens is 337 g/mol. The molecule has 1 aliphatic carbocycles. The molecule has 1 aliphatic rings. The summed E-state index contributed by atoms with van der Waals surface area (Å²) < 4.78 is 44.9. The monoisotopic (exact) mass is 356 g/mol. The zero-order chi connectivity index (χ0) is 18.0. The summed E-state index contributed by atoms with van der Waals surface area (Å²) in [7, 11) is 0. The number of nitrogens with one attached hydrogen (secondary N) is 1. The van der Waals surface area contributed by atoms with Gasteiger partial charge in [0.1, 0.15) is 0 Å². The predicted octanol–water partition coefficient (Wildman–Crippen LogP) is 3.22. The van der Waals surface area contributed by atoms with Crippen molar-refractivity contribution < 1.29 is 22.4 Å². The number of nitrogens with zero attached hydrogens (tertiary/aromatic N) is 1. The van der Waals surface area contributed by atoms with E-state index in [1.807, 2.05) is 0 Å². The number of aromatic nitrogens is 1. The van der Waals surface area contributed by atoms with Gasteiger partial charge in [0.2, 0.25) is 5.91 Å². The molecule has 1 amide bonds. The lowest BCUT2D eigenvalue weighted by Crippen LogP contribution is -2.41. The van der Waals surface area contributed by atoms with Crippen molar-refractivity contribution in [1.82, 2.24) is 9.88 Å². The number of benzene rings is 1. The van der Waals surface area contributed by atoms with Crippen molar-refractivity contribution in [3.8, 4) is 0 Å². The first-order chi connectivity index (χ1) is 11.8. The smallest absolute Gasteiger partial charge is 0.408 e. The van der Waals surface area contributed by atoms with E-state index < -0.39 is 23.9 Å². The number of halogens is 3. The Morgan fingerprint density at radius 2 is 2.04 bits per heavy atom. The molecule has 25 heavy (non-hydrogen) atoms. The van der Waals surface area contributed by atoms with E-state index in [1.54, 1.807) is 24.3 Å². The summed E-state index contributed by atoms with van der Waals surface area (Å²) in [6.07, 6.45) is -3.17. The Morgan fingerprint density at radius 3 is 2.80 bits per heavy atom. The largest absolute Gasteiger partial charge is 0.419 e. The van der Waals surface area contributed by atoms with Crippen LogP contribution in [0, 0.1) is 5.92 Å². The molecule has 3 rings (SSSR count). The molecule has 0 spiro atoms. The second kappa shape index (κ2) is 6.93. The fourth-order valence-electron chi connectivity index (χ4n) is 3.36. The zero-order valence-corrected chi connectivity index (χ0v) is 13.5. The normalized spacial score (nSPS) is 21.4. The third-order valence-electron chi connectivity index (χ3n) is 4.64. The van der Waals surface area contributed by atoms with E-state index in [-0.39, 0.29) is 31.7 Å². The van der Waals surface area contributed by atoms with Crippen molar-refractivity contribution in [1.29, 1.82) is 0 Å². The van der Waals surface area contributed by atoms with Gasteiger partial charge in [-0.15, -0.1) is 0 Å². The van der Waals surface area contributed by atoms with Gasteiger partial charge in [-0.1, -0.05) is 18.6 Å². The van der Waals surface area contributed by atoms with E-state index in [9.17, 15) is 22.8 Å². The number of para-hydroxylation sites is 2. The highest BCUT2D eigenvalue weighted by molar-refractivity contribution is 5.77. The lowest BCUT2D eigenvalue weighted by molar-refractivity contribution is -0.184. The fourth-order valence-corrected chi connectivity index (χ4v) is 3.36. The summed E-state index contributed by atoms with van der Waals surface area (Å²) in [6, 6.07) is 6.40. The highest BCUT2D eigenvalue weighted by Crippen LogP contribution is 2.37. The van der Waals surface area contributed by atoms with E-state index >= 15 is 0 Å². The topological polar surface area (TPSA) is 64.2 Å². The lowest BCUT2D eigenvalue weighted by atomic mass is 9.85. The first-order valence-corrected chi connectivity index (χ1v) is 8.29. The van der Waals surface area contributed by atoms with E-state index in [0.717, 1.165) is 0 Å². The number of oxazole rings is 1. The molecule has 1 N–H and O–H groups in total. The molecule has 1 aromatic carbocycles. The number of hydrogen-bond donors (Lipinski definition) is 1. The molecule has 2 atom stereocenters. The molecule has 0 unspecified atom stereocenters. The van der Waals surface area contributed by atoms with Crippen molar-refractivity contribution in [3.63, 3.8) is 0 Å². The van der Waals surface area contributed by atoms with Crippen LogP contribution >= 0.6 is 0 Å². The van der Waals surface area contributed by atoms with Crippen molar-refractivity contribution in [3.05, 3.63) is 34.8 Å². The maximum absolute atomic E-state index is 12.8. The van der Waals surface area contributed by atoms with Crippen LogP contribution in [0.3, 0.4) is 0 Å². The van der Waals surface area contributed by atoms with Crippen molar-refractivity contribution >= 4 is 17.0 Å². The molecule has 8 heteroatoms. The lowest BCUT2D eigenvalue weighted by Gasteiger charge is -2.31. The quantitative estimate of drug-likeness (QED) is 0.915. The van der Waals surface area contributed by atoms with Gasteiger partial charge in [-0.05, 0) is 31.4 Å². The molecule has 5 nitrogen and oxygen atoms in total. The van der Waals surface area contributed by atoms with E-state index in [4.69, 9.17) is 4.42 Å². The Labute approximate surface area is 141 Å². The van der Waals surface area contributed by atoms with Crippen LogP contribution in [-0.4, -0.2) is 22.7 Å². The average Bonchev–Trinajstić information content (AvgIpc) is 2.87. The van der Waals surface area contributed by atoms with Crippen LogP contribution in [0.1, 0.15) is 32.1 Å². The third kappa shape index (κ3) is 4.05. The second-order valence-electron chi connectivity index (χ2n) is 6.41. The standard InChI is InChI=1S/C17H19F3N2O3/c18-17(19,20)11-4-3-5-12(10-11)21-15(23)8-9-22-13-6-1-2-7-14(13)25-16(22)24/h1-2,6-7,11-12H,3-5,8-10H2,(H,21,23)/t11-,12-/m0/s1. The third-order valence-corrected chi connectivity index (χ3v) is 4.64. The highest BCUT2D eigenvalue weighted by atomic mass is 19.4. The van der Waals surface area contributed by atoms with Crippen LogP contribution in [0.5, 0.6) is 0 Å². The molecular formula is C17H19F3N2O3. The molecule has 0 saturated heterocycles. The summed E-state index contributed by atoms with van der Waals surface area (Å²) in [5.41, 5.74) is 1.03. The Bertz CT molecular complexity index is 809. The molecule has 136 valence electrons. The molecule has 0 radical (unpaired) electrons. The molecule has 0 bridgehead atoms. The maximum atomic E-state index is 12.8. The molecule has 1 aromatic heterocycles. The molecule has 1 fully saturated rings. The van der Waals surface area contributed by atoms with Gasteiger partial charge in [-0.3, -0.25) is 9.36 Å². The Balaban J connectivity index is 1.58. The molecule has 1 heterocycles. The predicted molar refractivity (Wildman–Crippen MR) is 85.0 cm³/mol. The van der Waals surface area contributed by atoms with Gasteiger partial charge in [0, 0.05) is 19.0 Å². The summed E-state index contributed by atoms with van der Waals surface area (Å²) in [5, 5.41) is 2.67. The number of carbonyl (C=O) groups excluding carboxylic acids is 1. The van der Waals surface area contributed by atoms with Gasteiger partial charge in [0.05, 0.1) is 11.4 Å². The summed E-state index contributed by atoms with van der Waals surface area (Å²) in [4.78, 5) is 23.9. The van der Waals surface area contributed by atoms with Gasteiger partial charge < -0.3 is 9.73 Å².